The molecule has 204 valence electrons. The van der Waals surface area contributed by atoms with Gasteiger partial charge < -0.3 is 20.7 Å². The number of benzene rings is 1. The van der Waals surface area contributed by atoms with Crippen molar-refractivity contribution in [3.63, 3.8) is 0 Å². The van der Waals surface area contributed by atoms with E-state index in [2.05, 4.69) is 20.2 Å². The van der Waals surface area contributed by atoms with Crippen LogP contribution in [0.25, 0.3) is 16.9 Å². The average Bonchev–Trinajstić information content (AvgIpc) is 3.23. The Morgan fingerprint density at radius 3 is 2.32 bits per heavy atom. The third-order valence-electron chi connectivity index (χ3n) is 6.89. The Morgan fingerprint density at radius 2 is 1.65 bits per heavy atom. The number of hydrogen-bond acceptors (Lipinski definition) is 7. The predicted molar refractivity (Wildman–Crippen MR) is 147 cm³/mol. The zero-order chi connectivity index (χ0) is 24.5. The number of hydrogen-bond donors (Lipinski definition) is 2. The average molecular weight is 559 g/mol. The highest BCUT2D eigenvalue weighted by Crippen LogP contribution is 2.30. The summed E-state index contributed by atoms with van der Waals surface area (Å²) in [5, 5.41) is 3.39. The van der Waals surface area contributed by atoms with Crippen molar-refractivity contribution in [3.05, 3.63) is 36.2 Å². The Kier molecular flexibility index (Phi) is 9.91. The van der Waals surface area contributed by atoms with Crippen LogP contribution in [0, 0.1) is 5.92 Å². The lowest BCUT2D eigenvalue weighted by atomic mass is 9.86. The molecule has 2 aromatic heterocycles. The van der Waals surface area contributed by atoms with Crippen LogP contribution in [-0.2, 0) is 4.74 Å². The van der Waals surface area contributed by atoms with Gasteiger partial charge in [-0.2, -0.15) is 9.97 Å². The van der Waals surface area contributed by atoms with Crippen molar-refractivity contribution in [3.8, 4) is 5.82 Å². The second-order valence-corrected chi connectivity index (χ2v) is 9.83. The van der Waals surface area contributed by atoms with Crippen molar-refractivity contribution in [2.75, 3.05) is 29.9 Å². The number of imidazole rings is 1. The molecule has 1 saturated heterocycles. The zero-order valence-corrected chi connectivity index (χ0v) is 22.7. The molecule has 3 N–H and O–H groups in total. The third-order valence-corrected chi connectivity index (χ3v) is 6.89. The van der Waals surface area contributed by atoms with E-state index in [-0.39, 0.29) is 48.9 Å². The molecule has 3 heterocycles. The number of morpholine rings is 1. The lowest BCUT2D eigenvalue weighted by Crippen LogP contribution is -2.46. The molecule has 12 heteroatoms. The van der Waals surface area contributed by atoms with Gasteiger partial charge in [-0.05, 0) is 57.6 Å². The number of alkyl halides is 2. The van der Waals surface area contributed by atoms with E-state index in [9.17, 15) is 8.78 Å². The van der Waals surface area contributed by atoms with Crippen LogP contribution in [-0.4, -0.2) is 57.4 Å². The first-order valence-electron chi connectivity index (χ1n) is 12.4. The number of anilines is 2. The summed E-state index contributed by atoms with van der Waals surface area (Å²) in [6, 6.07) is 9.18. The van der Waals surface area contributed by atoms with Gasteiger partial charge in [-0.1, -0.05) is 12.1 Å². The van der Waals surface area contributed by atoms with E-state index in [0.717, 1.165) is 32.2 Å². The molecule has 0 radical (unpaired) electrons. The fourth-order valence-electron chi connectivity index (χ4n) is 5.20. The van der Waals surface area contributed by atoms with Gasteiger partial charge in [0.2, 0.25) is 5.95 Å². The first kappa shape index (κ1) is 29.3. The van der Waals surface area contributed by atoms with Gasteiger partial charge in [0.25, 0.3) is 6.43 Å². The summed E-state index contributed by atoms with van der Waals surface area (Å²) in [7, 11) is 0. The molecule has 1 aliphatic carbocycles. The number of rotatable bonds is 6. The molecule has 1 aromatic carbocycles. The summed E-state index contributed by atoms with van der Waals surface area (Å²) in [6.07, 6.45) is 1.47. The van der Waals surface area contributed by atoms with Gasteiger partial charge >= 0.3 is 0 Å². The van der Waals surface area contributed by atoms with Crippen molar-refractivity contribution in [2.24, 2.45) is 11.7 Å². The number of ether oxygens (including phenoxy) is 1. The van der Waals surface area contributed by atoms with Crippen molar-refractivity contribution >= 4 is 47.6 Å². The van der Waals surface area contributed by atoms with E-state index in [4.69, 9.17) is 15.5 Å². The van der Waals surface area contributed by atoms with E-state index >= 15 is 0 Å². The fraction of sp³-hybridized carbons (Fsp3) is 0.560. The standard InChI is InChI=1S/C25H33F2N7O.2ClH/c1-15-13-33(14-16(2)35-15)21-11-22(32-25(31-21)29-12-17-7-9-18(28)10-8-17)34-20-6-4-3-5-19(20)30-24(34)23(26)27;;/h3-6,11,15-18,23H,7-10,12-14,28H2,1-2H3,(H,29,31,32);2*1H/t15-,16+,17?,18?;;. The lowest BCUT2D eigenvalue weighted by Gasteiger charge is -2.36. The maximum atomic E-state index is 14.1. The minimum absolute atomic E-state index is 0. The summed E-state index contributed by atoms with van der Waals surface area (Å²) >= 11 is 0. The van der Waals surface area contributed by atoms with Crippen molar-refractivity contribution in [1.82, 2.24) is 19.5 Å². The fourth-order valence-corrected chi connectivity index (χ4v) is 5.20. The molecule has 37 heavy (non-hydrogen) atoms. The lowest BCUT2D eigenvalue weighted by molar-refractivity contribution is -0.00546. The number of para-hydroxylation sites is 2. The van der Waals surface area contributed by atoms with E-state index < -0.39 is 6.43 Å². The van der Waals surface area contributed by atoms with Crippen molar-refractivity contribution in [1.29, 1.82) is 0 Å². The minimum atomic E-state index is -2.74. The van der Waals surface area contributed by atoms with Crippen LogP contribution < -0.4 is 16.0 Å². The number of aromatic nitrogens is 4. The monoisotopic (exact) mass is 557 g/mol. The molecule has 1 saturated carbocycles. The molecule has 0 bridgehead atoms. The summed E-state index contributed by atoms with van der Waals surface area (Å²) in [5.74, 6) is 1.64. The first-order chi connectivity index (χ1) is 16.9. The highest BCUT2D eigenvalue weighted by atomic mass is 35.5. The van der Waals surface area contributed by atoms with Gasteiger partial charge in [-0.15, -0.1) is 24.8 Å². The molecule has 8 nitrogen and oxygen atoms in total. The van der Waals surface area contributed by atoms with Crippen LogP contribution in [0.2, 0.25) is 0 Å². The van der Waals surface area contributed by atoms with Gasteiger partial charge in [0.05, 0.1) is 23.2 Å². The highest BCUT2D eigenvalue weighted by Gasteiger charge is 2.27. The van der Waals surface area contributed by atoms with Gasteiger partial charge in [-0.3, -0.25) is 4.57 Å². The topological polar surface area (TPSA) is 94.1 Å². The van der Waals surface area contributed by atoms with Gasteiger partial charge in [0.15, 0.2) is 5.82 Å². The third kappa shape index (κ3) is 6.60. The maximum absolute atomic E-state index is 14.1. The Labute approximate surface area is 228 Å². The predicted octanol–water partition coefficient (Wildman–Crippen LogP) is 5.14. The van der Waals surface area contributed by atoms with Gasteiger partial charge in [0.1, 0.15) is 11.6 Å². The summed E-state index contributed by atoms with van der Waals surface area (Å²) in [6.45, 7) is 6.09. The van der Waals surface area contributed by atoms with Crippen LogP contribution in [0.3, 0.4) is 0 Å². The first-order valence-corrected chi connectivity index (χ1v) is 12.4. The second kappa shape index (κ2) is 12.5. The minimum Gasteiger partial charge on any atom is -0.372 e. The summed E-state index contributed by atoms with van der Waals surface area (Å²) in [5.41, 5.74) is 7.15. The summed E-state index contributed by atoms with van der Waals surface area (Å²) < 4.78 is 35.4. The molecular formula is C25H35Cl2F2N7O. The van der Waals surface area contributed by atoms with Crippen LogP contribution in [0.15, 0.2) is 30.3 Å². The normalized spacial score (nSPS) is 24.0. The molecule has 3 aromatic rings. The van der Waals surface area contributed by atoms with Crippen molar-refractivity contribution in [2.45, 2.75) is 64.2 Å². The van der Waals surface area contributed by atoms with Crippen LogP contribution in [0.4, 0.5) is 20.5 Å². The Morgan fingerprint density at radius 1 is 1.00 bits per heavy atom. The molecule has 0 unspecified atom stereocenters. The number of halogens is 4. The zero-order valence-electron chi connectivity index (χ0n) is 21.0. The highest BCUT2D eigenvalue weighted by molar-refractivity contribution is 5.85. The molecule has 5 rings (SSSR count). The SMILES string of the molecule is C[C@@H]1CN(c2cc(-n3c(C(F)F)nc4ccccc43)nc(NCC3CCC(N)CC3)n2)C[C@H](C)O1.Cl.Cl. The van der Waals surface area contributed by atoms with E-state index in [1.807, 2.05) is 19.9 Å². The molecule has 2 atom stereocenters. The molecule has 2 fully saturated rings. The summed E-state index contributed by atoms with van der Waals surface area (Å²) in [4.78, 5) is 15.8. The Balaban J connectivity index is 0.00000190. The molecule has 1 aliphatic heterocycles. The van der Waals surface area contributed by atoms with E-state index in [0.29, 0.717) is 47.6 Å². The van der Waals surface area contributed by atoms with Gasteiger partial charge in [0, 0.05) is 31.7 Å². The number of nitrogens with two attached hydrogens (primary N) is 1. The molecular weight excluding hydrogens is 523 g/mol. The smallest absolute Gasteiger partial charge is 0.296 e. The van der Waals surface area contributed by atoms with Crippen LogP contribution >= 0.6 is 24.8 Å². The van der Waals surface area contributed by atoms with Crippen LogP contribution in [0.1, 0.15) is 51.8 Å². The van der Waals surface area contributed by atoms with Crippen molar-refractivity contribution < 1.29 is 13.5 Å². The van der Waals surface area contributed by atoms with Gasteiger partial charge in [-0.25, -0.2) is 13.8 Å². The molecule has 0 amide bonds. The van der Waals surface area contributed by atoms with E-state index in [1.54, 1.807) is 24.3 Å². The number of nitrogens with one attached hydrogen (secondary N) is 1. The van der Waals surface area contributed by atoms with E-state index in [1.165, 1.54) is 4.57 Å². The quantitative estimate of drug-likeness (QED) is 0.433. The maximum Gasteiger partial charge on any atom is 0.296 e. The Bertz CT molecular complexity index is 1160. The number of fused-ring (bicyclic) bond motifs is 1. The molecule has 2 aliphatic rings. The molecule has 0 spiro atoms. The largest absolute Gasteiger partial charge is 0.372 e. The van der Waals surface area contributed by atoms with Crippen LogP contribution in [0.5, 0.6) is 0 Å². The second-order valence-electron chi connectivity index (χ2n) is 9.83. The number of nitrogens with zero attached hydrogens (tertiary/aromatic N) is 5. The Hall–Kier alpha value is -2.27.